The van der Waals surface area contributed by atoms with Crippen LogP contribution in [0.5, 0.6) is 0 Å². The number of amides is 1. The Balaban J connectivity index is 1.93. The maximum Gasteiger partial charge on any atom is 0.305 e. The summed E-state index contributed by atoms with van der Waals surface area (Å²) in [5, 5.41) is 2.88. The third-order valence-corrected chi connectivity index (χ3v) is 3.92. The first-order chi connectivity index (χ1) is 10.7. The van der Waals surface area contributed by atoms with E-state index in [1.807, 2.05) is 24.3 Å². The highest BCUT2D eigenvalue weighted by Crippen LogP contribution is 2.24. The smallest absolute Gasteiger partial charge is 0.305 e. The van der Waals surface area contributed by atoms with Crippen molar-refractivity contribution in [2.24, 2.45) is 0 Å². The minimum absolute atomic E-state index is 0.0777. The van der Waals surface area contributed by atoms with E-state index in [1.165, 1.54) is 26.4 Å². The maximum absolute atomic E-state index is 12.4. The second-order valence-electron chi connectivity index (χ2n) is 5.50. The Morgan fingerprint density at radius 1 is 1.18 bits per heavy atom. The van der Waals surface area contributed by atoms with Crippen LogP contribution >= 0.6 is 0 Å². The van der Waals surface area contributed by atoms with Crippen molar-refractivity contribution in [3.63, 3.8) is 0 Å². The van der Waals surface area contributed by atoms with Crippen LogP contribution < -0.4 is 10.2 Å². The van der Waals surface area contributed by atoms with Gasteiger partial charge in [0.15, 0.2) is 0 Å². The fourth-order valence-corrected chi connectivity index (χ4v) is 2.71. The van der Waals surface area contributed by atoms with Crippen molar-refractivity contribution in [2.45, 2.75) is 32.1 Å². The normalized spacial score (nSPS) is 14.5. The first-order valence-corrected chi connectivity index (χ1v) is 7.91. The van der Waals surface area contributed by atoms with Gasteiger partial charge in [-0.15, -0.1) is 0 Å². The highest BCUT2D eigenvalue weighted by molar-refractivity contribution is 5.99. The van der Waals surface area contributed by atoms with E-state index in [0.717, 1.165) is 18.8 Å². The molecule has 0 aliphatic carbocycles. The standard InChI is InChI=1S/C17H24N2O3/c1-22-16(20)10-7-11-18-17(21)14-8-3-4-9-15(14)19-12-5-2-6-13-19/h3-4,8-9H,2,5-7,10-13H2,1H3,(H,18,21). The number of benzene rings is 1. The number of esters is 1. The van der Waals surface area contributed by atoms with Gasteiger partial charge in [0, 0.05) is 31.7 Å². The average molecular weight is 304 g/mol. The van der Waals surface area contributed by atoms with Gasteiger partial charge in [0.25, 0.3) is 5.91 Å². The molecule has 0 aromatic heterocycles. The van der Waals surface area contributed by atoms with Gasteiger partial charge in [-0.3, -0.25) is 9.59 Å². The molecule has 120 valence electrons. The van der Waals surface area contributed by atoms with Crippen molar-refractivity contribution in [3.8, 4) is 0 Å². The number of hydrogen-bond donors (Lipinski definition) is 1. The summed E-state index contributed by atoms with van der Waals surface area (Å²) in [7, 11) is 1.37. The van der Waals surface area contributed by atoms with Gasteiger partial charge in [0.2, 0.25) is 0 Å². The van der Waals surface area contributed by atoms with Crippen LogP contribution in [-0.2, 0) is 9.53 Å². The van der Waals surface area contributed by atoms with Crippen LogP contribution in [0.3, 0.4) is 0 Å². The molecule has 0 atom stereocenters. The van der Waals surface area contributed by atoms with Crippen molar-refractivity contribution in [1.29, 1.82) is 0 Å². The minimum atomic E-state index is -0.247. The maximum atomic E-state index is 12.4. The lowest BCUT2D eigenvalue weighted by atomic mass is 10.1. The number of nitrogens with zero attached hydrogens (tertiary/aromatic N) is 1. The SMILES string of the molecule is COC(=O)CCCNC(=O)c1ccccc1N1CCCCC1. The van der Waals surface area contributed by atoms with Crippen LogP contribution in [0.25, 0.3) is 0 Å². The first kappa shape index (κ1) is 16.3. The van der Waals surface area contributed by atoms with Gasteiger partial charge in [-0.2, -0.15) is 0 Å². The number of nitrogens with one attached hydrogen (secondary N) is 1. The average Bonchev–Trinajstić information content (AvgIpc) is 2.59. The highest BCUT2D eigenvalue weighted by atomic mass is 16.5. The van der Waals surface area contributed by atoms with E-state index in [9.17, 15) is 9.59 Å². The van der Waals surface area contributed by atoms with Crippen molar-refractivity contribution in [2.75, 3.05) is 31.6 Å². The number of hydrogen-bond acceptors (Lipinski definition) is 4. The Kier molecular flexibility index (Phi) is 6.25. The van der Waals surface area contributed by atoms with Crippen molar-refractivity contribution >= 4 is 17.6 Å². The topological polar surface area (TPSA) is 58.6 Å². The molecule has 0 spiro atoms. The molecule has 1 N–H and O–H groups in total. The number of methoxy groups -OCH3 is 1. The molecule has 0 bridgehead atoms. The predicted octanol–water partition coefficient (Wildman–Crippen LogP) is 2.36. The van der Waals surface area contributed by atoms with Gasteiger partial charge in [-0.25, -0.2) is 0 Å². The van der Waals surface area contributed by atoms with Gasteiger partial charge >= 0.3 is 5.97 Å². The van der Waals surface area contributed by atoms with E-state index in [1.54, 1.807) is 0 Å². The minimum Gasteiger partial charge on any atom is -0.469 e. The van der Waals surface area contributed by atoms with E-state index in [4.69, 9.17) is 0 Å². The number of para-hydroxylation sites is 1. The van der Waals surface area contributed by atoms with E-state index < -0.39 is 0 Å². The van der Waals surface area contributed by atoms with Gasteiger partial charge in [0.1, 0.15) is 0 Å². The number of anilines is 1. The number of piperidine rings is 1. The molecule has 22 heavy (non-hydrogen) atoms. The summed E-state index contributed by atoms with van der Waals surface area (Å²) in [4.78, 5) is 25.7. The predicted molar refractivity (Wildman–Crippen MR) is 86.1 cm³/mol. The Morgan fingerprint density at radius 2 is 1.91 bits per heavy atom. The van der Waals surface area contributed by atoms with E-state index in [2.05, 4.69) is 15.0 Å². The molecule has 5 heteroatoms. The number of ether oxygens (including phenoxy) is 1. The molecular formula is C17H24N2O3. The highest BCUT2D eigenvalue weighted by Gasteiger charge is 2.17. The van der Waals surface area contributed by atoms with E-state index in [0.29, 0.717) is 24.9 Å². The van der Waals surface area contributed by atoms with Crippen LogP contribution in [0.2, 0.25) is 0 Å². The van der Waals surface area contributed by atoms with Crippen LogP contribution in [0.4, 0.5) is 5.69 Å². The summed E-state index contributed by atoms with van der Waals surface area (Å²) in [6, 6.07) is 7.73. The molecule has 1 amide bonds. The van der Waals surface area contributed by atoms with Crippen LogP contribution in [0.15, 0.2) is 24.3 Å². The summed E-state index contributed by atoms with van der Waals surface area (Å²) in [5.74, 6) is -0.325. The quantitative estimate of drug-likeness (QED) is 0.647. The van der Waals surface area contributed by atoms with Gasteiger partial charge in [0.05, 0.1) is 12.7 Å². The molecule has 5 nitrogen and oxygen atoms in total. The molecule has 0 radical (unpaired) electrons. The summed E-state index contributed by atoms with van der Waals surface area (Å²) < 4.78 is 4.58. The molecule has 0 saturated carbocycles. The third kappa shape index (κ3) is 4.48. The Labute approximate surface area is 131 Å². The molecule has 0 unspecified atom stereocenters. The molecule has 1 aromatic carbocycles. The molecule has 1 aromatic rings. The van der Waals surface area contributed by atoms with Crippen LogP contribution in [0.1, 0.15) is 42.5 Å². The molecule has 1 heterocycles. The molecule has 1 fully saturated rings. The monoisotopic (exact) mass is 304 g/mol. The molecule has 1 aliphatic rings. The first-order valence-electron chi connectivity index (χ1n) is 7.91. The summed E-state index contributed by atoms with van der Waals surface area (Å²) in [5.41, 5.74) is 1.72. The Hall–Kier alpha value is -2.04. The fourth-order valence-electron chi connectivity index (χ4n) is 2.71. The van der Waals surface area contributed by atoms with Crippen LogP contribution in [-0.4, -0.2) is 38.6 Å². The van der Waals surface area contributed by atoms with Gasteiger partial charge in [-0.05, 0) is 37.8 Å². The molecule has 2 rings (SSSR count). The third-order valence-electron chi connectivity index (χ3n) is 3.92. The number of carbonyl (C=O) groups excluding carboxylic acids is 2. The second-order valence-corrected chi connectivity index (χ2v) is 5.50. The molecular weight excluding hydrogens is 280 g/mol. The number of rotatable bonds is 6. The molecule has 1 aliphatic heterocycles. The van der Waals surface area contributed by atoms with E-state index >= 15 is 0 Å². The summed E-state index contributed by atoms with van der Waals surface area (Å²) in [6.07, 6.45) is 4.53. The van der Waals surface area contributed by atoms with Crippen LogP contribution in [0, 0.1) is 0 Å². The zero-order valence-corrected chi connectivity index (χ0v) is 13.1. The van der Waals surface area contributed by atoms with Gasteiger partial charge < -0.3 is 15.0 Å². The largest absolute Gasteiger partial charge is 0.469 e. The van der Waals surface area contributed by atoms with Crippen molar-refractivity contribution in [1.82, 2.24) is 5.32 Å². The second kappa shape index (κ2) is 8.41. The zero-order valence-electron chi connectivity index (χ0n) is 13.1. The molecule has 1 saturated heterocycles. The zero-order chi connectivity index (χ0) is 15.8. The van der Waals surface area contributed by atoms with E-state index in [-0.39, 0.29) is 11.9 Å². The summed E-state index contributed by atoms with van der Waals surface area (Å²) in [6.45, 7) is 2.49. The summed E-state index contributed by atoms with van der Waals surface area (Å²) >= 11 is 0. The Bertz CT molecular complexity index is 510. The lowest BCUT2D eigenvalue weighted by Gasteiger charge is -2.30. The van der Waals surface area contributed by atoms with Crippen molar-refractivity contribution in [3.05, 3.63) is 29.8 Å². The van der Waals surface area contributed by atoms with Crippen molar-refractivity contribution < 1.29 is 14.3 Å². The van der Waals surface area contributed by atoms with Gasteiger partial charge in [-0.1, -0.05) is 12.1 Å². The number of carbonyl (C=O) groups is 2. The Morgan fingerprint density at radius 3 is 2.64 bits per heavy atom. The lowest BCUT2D eigenvalue weighted by Crippen LogP contribution is -2.33. The lowest BCUT2D eigenvalue weighted by molar-refractivity contribution is -0.140. The fraction of sp³-hybridized carbons (Fsp3) is 0.529.